The van der Waals surface area contributed by atoms with Crippen molar-refractivity contribution < 1.29 is 23.9 Å². The number of methoxy groups -OCH3 is 1. The van der Waals surface area contributed by atoms with Crippen molar-refractivity contribution >= 4 is 35.3 Å². The van der Waals surface area contributed by atoms with Gasteiger partial charge in [0.2, 0.25) is 11.8 Å². The Bertz CT molecular complexity index is 821. The van der Waals surface area contributed by atoms with E-state index in [1.165, 1.54) is 7.11 Å². The first-order valence-electron chi connectivity index (χ1n) is 11.0. The van der Waals surface area contributed by atoms with E-state index in [4.69, 9.17) is 0 Å². The summed E-state index contributed by atoms with van der Waals surface area (Å²) in [5.74, 6) is -0.0718. The van der Waals surface area contributed by atoms with Gasteiger partial charge in [-0.1, -0.05) is 6.42 Å². The van der Waals surface area contributed by atoms with E-state index in [9.17, 15) is 19.2 Å². The molecule has 0 atom stereocenters. The fourth-order valence-electron chi connectivity index (χ4n) is 3.87. The number of unbranched alkanes of at least 4 members (excludes halogenated alkanes) is 2. The van der Waals surface area contributed by atoms with Gasteiger partial charge in [-0.05, 0) is 37.1 Å². The van der Waals surface area contributed by atoms with Crippen LogP contribution in [0.5, 0.6) is 0 Å². The standard InChI is InChI=1S/C22H31N5O5/c1-32-22(31)23-11-4-2-3-5-20(29)26-15-13-25(14-16-26)17-6-8-18(9-7-17)27-12-10-19(28)24-21(27)30/h6-9H,2-5,10-16H2,1H3,(H,23,31)(H,24,28,30). The highest BCUT2D eigenvalue weighted by molar-refractivity contribution is 6.05. The van der Waals surface area contributed by atoms with Gasteiger partial charge in [-0.15, -0.1) is 0 Å². The number of piperazine rings is 1. The number of nitrogens with one attached hydrogen (secondary N) is 2. The third-order valence-corrected chi connectivity index (χ3v) is 5.74. The first-order valence-corrected chi connectivity index (χ1v) is 11.0. The number of carbonyl (C=O) groups is 4. The summed E-state index contributed by atoms with van der Waals surface area (Å²) in [4.78, 5) is 52.4. The van der Waals surface area contributed by atoms with E-state index in [0.29, 0.717) is 39.0 Å². The Hall–Kier alpha value is -3.30. The second kappa shape index (κ2) is 11.4. The van der Waals surface area contributed by atoms with Gasteiger partial charge >= 0.3 is 12.1 Å². The zero-order valence-corrected chi connectivity index (χ0v) is 18.5. The van der Waals surface area contributed by atoms with Crippen molar-refractivity contribution in [2.75, 3.05) is 56.2 Å². The van der Waals surface area contributed by atoms with E-state index in [1.807, 2.05) is 29.2 Å². The van der Waals surface area contributed by atoms with Crippen LogP contribution < -0.4 is 20.4 Å². The van der Waals surface area contributed by atoms with Crippen LogP contribution in [-0.4, -0.2) is 75.2 Å². The number of carbonyl (C=O) groups excluding carboxylic acids is 4. The molecule has 1 aromatic rings. The molecule has 0 aromatic heterocycles. The van der Waals surface area contributed by atoms with Gasteiger partial charge in [0.15, 0.2) is 0 Å². The summed E-state index contributed by atoms with van der Waals surface area (Å²) in [5.41, 5.74) is 1.81. The number of nitrogens with zero attached hydrogens (tertiary/aromatic N) is 3. The molecule has 2 saturated heterocycles. The summed E-state index contributed by atoms with van der Waals surface area (Å²) in [5, 5.41) is 4.96. The normalized spacial score (nSPS) is 16.6. The number of ether oxygens (including phenoxy) is 1. The molecule has 2 aliphatic rings. The Kier molecular flexibility index (Phi) is 8.29. The molecule has 2 aliphatic heterocycles. The second-order valence-corrected chi connectivity index (χ2v) is 7.87. The summed E-state index contributed by atoms with van der Waals surface area (Å²) in [6.07, 6.45) is 2.90. The average Bonchev–Trinajstić information content (AvgIpc) is 2.81. The second-order valence-electron chi connectivity index (χ2n) is 7.87. The molecule has 174 valence electrons. The number of hydrogen-bond acceptors (Lipinski definition) is 6. The van der Waals surface area contributed by atoms with E-state index in [-0.39, 0.29) is 17.8 Å². The minimum Gasteiger partial charge on any atom is -0.453 e. The number of rotatable bonds is 8. The molecular weight excluding hydrogens is 414 g/mol. The van der Waals surface area contributed by atoms with Crippen LogP contribution in [0.3, 0.4) is 0 Å². The topological polar surface area (TPSA) is 111 Å². The van der Waals surface area contributed by atoms with Crippen molar-refractivity contribution in [2.45, 2.75) is 32.1 Å². The van der Waals surface area contributed by atoms with E-state index in [2.05, 4.69) is 20.3 Å². The summed E-state index contributed by atoms with van der Waals surface area (Å²) >= 11 is 0. The maximum Gasteiger partial charge on any atom is 0.406 e. The minimum atomic E-state index is -0.429. The quantitative estimate of drug-likeness (QED) is 0.589. The lowest BCUT2D eigenvalue weighted by atomic mass is 10.1. The largest absolute Gasteiger partial charge is 0.453 e. The SMILES string of the molecule is COC(=O)NCCCCCC(=O)N1CCN(c2ccc(N3CCC(=O)NC3=O)cc2)CC1. The molecule has 2 N–H and O–H groups in total. The predicted molar refractivity (Wildman–Crippen MR) is 120 cm³/mol. The van der Waals surface area contributed by atoms with Crippen LogP contribution in [0.2, 0.25) is 0 Å². The molecule has 0 spiro atoms. The van der Waals surface area contributed by atoms with Crippen LogP contribution in [0, 0.1) is 0 Å². The molecule has 2 heterocycles. The number of benzene rings is 1. The summed E-state index contributed by atoms with van der Waals surface area (Å²) < 4.78 is 4.51. The molecule has 0 saturated carbocycles. The van der Waals surface area contributed by atoms with Crippen LogP contribution in [-0.2, 0) is 14.3 Å². The van der Waals surface area contributed by atoms with Gasteiger partial charge in [0.05, 0.1) is 7.11 Å². The lowest BCUT2D eigenvalue weighted by molar-refractivity contribution is -0.131. The fourth-order valence-corrected chi connectivity index (χ4v) is 3.87. The minimum absolute atomic E-state index is 0.173. The van der Waals surface area contributed by atoms with Crippen LogP contribution in [0.1, 0.15) is 32.1 Å². The van der Waals surface area contributed by atoms with Gasteiger partial charge in [0.1, 0.15) is 0 Å². The monoisotopic (exact) mass is 445 g/mol. The number of urea groups is 1. The van der Waals surface area contributed by atoms with Gasteiger partial charge in [-0.25, -0.2) is 9.59 Å². The van der Waals surface area contributed by atoms with Crippen molar-refractivity contribution in [3.63, 3.8) is 0 Å². The molecule has 5 amide bonds. The van der Waals surface area contributed by atoms with Crippen molar-refractivity contribution in [1.82, 2.24) is 15.5 Å². The zero-order chi connectivity index (χ0) is 22.9. The van der Waals surface area contributed by atoms with Gasteiger partial charge in [0, 0.05) is 63.5 Å². The third-order valence-electron chi connectivity index (χ3n) is 5.74. The summed E-state index contributed by atoms with van der Waals surface area (Å²) in [6.45, 7) is 3.81. The maximum atomic E-state index is 12.5. The molecule has 0 radical (unpaired) electrons. The first kappa shape index (κ1) is 23.4. The van der Waals surface area contributed by atoms with Crippen LogP contribution >= 0.6 is 0 Å². The highest BCUT2D eigenvalue weighted by Gasteiger charge is 2.25. The maximum absolute atomic E-state index is 12.5. The Morgan fingerprint density at radius 3 is 2.31 bits per heavy atom. The molecule has 32 heavy (non-hydrogen) atoms. The Balaban J connectivity index is 1.38. The predicted octanol–water partition coefficient (Wildman–Crippen LogP) is 1.70. The Labute approximate surface area is 187 Å². The Morgan fingerprint density at radius 2 is 1.66 bits per heavy atom. The van der Waals surface area contributed by atoms with E-state index in [0.717, 1.165) is 43.7 Å². The van der Waals surface area contributed by atoms with E-state index in [1.54, 1.807) is 4.90 Å². The highest BCUT2D eigenvalue weighted by Crippen LogP contribution is 2.23. The number of imide groups is 1. The van der Waals surface area contributed by atoms with E-state index < -0.39 is 6.09 Å². The smallest absolute Gasteiger partial charge is 0.406 e. The lowest BCUT2D eigenvalue weighted by Crippen LogP contribution is -2.49. The molecule has 0 aliphatic carbocycles. The number of amides is 5. The van der Waals surface area contributed by atoms with Gasteiger partial charge in [0.25, 0.3) is 0 Å². The molecule has 3 rings (SSSR count). The molecule has 0 bridgehead atoms. The van der Waals surface area contributed by atoms with E-state index >= 15 is 0 Å². The molecule has 10 nitrogen and oxygen atoms in total. The number of anilines is 2. The zero-order valence-electron chi connectivity index (χ0n) is 18.5. The van der Waals surface area contributed by atoms with Gasteiger partial charge < -0.3 is 19.9 Å². The molecule has 10 heteroatoms. The highest BCUT2D eigenvalue weighted by atomic mass is 16.5. The third kappa shape index (κ3) is 6.35. The van der Waals surface area contributed by atoms with Gasteiger partial charge in [-0.2, -0.15) is 0 Å². The molecule has 1 aromatic carbocycles. The van der Waals surface area contributed by atoms with Crippen molar-refractivity contribution in [3.05, 3.63) is 24.3 Å². The van der Waals surface area contributed by atoms with Crippen molar-refractivity contribution in [2.24, 2.45) is 0 Å². The van der Waals surface area contributed by atoms with Gasteiger partial charge in [-0.3, -0.25) is 19.8 Å². The van der Waals surface area contributed by atoms with Crippen molar-refractivity contribution in [3.8, 4) is 0 Å². The van der Waals surface area contributed by atoms with Crippen LogP contribution in [0.25, 0.3) is 0 Å². The number of alkyl carbamates (subject to hydrolysis) is 1. The summed E-state index contributed by atoms with van der Waals surface area (Å²) in [6, 6.07) is 7.33. The van der Waals surface area contributed by atoms with Crippen molar-refractivity contribution in [1.29, 1.82) is 0 Å². The average molecular weight is 446 g/mol. The number of hydrogen-bond donors (Lipinski definition) is 2. The summed E-state index contributed by atoms with van der Waals surface area (Å²) in [7, 11) is 1.34. The van der Waals surface area contributed by atoms with Crippen LogP contribution in [0.15, 0.2) is 24.3 Å². The molecule has 2 fully saturated rings. The lowest BCUT2D eigenvalue weighted by Gasteiger charge is -2.36. The molecular formula is C22H31N5O5. The first-order chi connectivity index (χ1) is 15.5. The fraction of sp³-hybridized carbons (Fsp3) is 0.545. The molecule has 0 unspecified atom stereocenters. The van der Waals surface area contributed by atoms with Crippen LogP contribution in [0.4, 0.5) is 21.0 Å². The Morgan fingerprint density at radius 1 is 0.969 bits per heavy atom.